The summed E-state index contributed by atoms with van der Waals surface area (Å²) in [6.45, 7) is -0.0615. The Morgan fingerprint density at radius 1 is 0.933 bits per heavy atom. The molecule has 148 valence electrons. The number of benzene rings is 3. The lowest BCUT2D eigenvalue weighted by atomic mass is 9.83. The van der Waals surface area contributed by atoms with E-state index >= 15 is 0 Å². The Balaban J connectivity index is 2.07. The molecule has 2 N–H and O–H groups in total. The van der Waals surface area contributed by atoms with Crippen molar-refractivity contribution >= 4 is 5.69 Å². The van der Waals surface area contributed by atoms with Crippen LogP contribution in [0, 0.1) is 28.5 Å². The van der Waals surface area contributed by atoms with Crippen LogP contribution < -0.4 is 10.5 Å². The fourth-order valence-electron chi connectivity index (χ4n) is 3.61. The van der Waals surface area contributed by atoms with Gasteiger partial charge in [0, 0.05) is 22.3 Å². The van der Waals surface area contributed by atoms with Crippen LogP contribution in [0.25, 0.3) is 22.3 Å². The molecule has 0 radical (unpaired) electrons. The second kappa shape index (κ2) is 6.78. The van der Waals surface area contributed by atoms with Gasteiger partial charge in [0.25, 0.3) is 0 Å². The Morgan fingerprint density at radius 2 is 1.57 bits per heavy atom. The second-order valence-corrected chi connectivity index (χ2v) is 6.62. The molecule has 3 aromatic carbocycles. The molecule has 0 amide bonds. The molecule has 0 saturated carbocycles. The van der Waals surface area contributed by atoms with Gasteiger partial charge in [-0.2, -0.15) is 23.7 Å². The van der Waals surface area contributed by atoms with Crippen molar-refractivity contribution in [2.45, 2.75) is 12.8 Å². The maximum atomic E-state index is 13.9. The van der Waals surface area contributed by atoms with Gasteiger partial charge in [-0.15, -0.1) is 0 Å². The van der Waals surface area contributed by atoms with Crippen molar-refractivity contribution in [3.05, 3.63) is 70.5 Å². The highest BCUT2D eigenvalue weighted by Gasteiger charge is 2.32. The zero-order valence-corrected chi connectivity index (χ0v) is 15.1. The Kier molecular flexibility index (Phi) is 4.36. The zero-order chi connectivity index (χ0) is 21.6. The van der Waals surface area contributed by atoms with Crippen LogP contribution in [0.1, 0.15) is 22.3 Å². The van der Waals surface area contributed by atoms with E-state index in [0.29, 0.717) is 22.4 Å². The first-order chi connectivity index (χ1) is 14.3. The zero-order valence-electron chi connectivity index (χ0n) is 15.1. The van der Waals surface area contributed by atoms with Crippen LogP contribution in [0.4, 0.5) is 23.2 Å². The third-order valence-electron chi connectivity index (χ3n) is 4.95. The topological polar surface area (TPSA) is 82.8 Å². The third kappa shape index (κ3) is 2.90. The third-order valence-corrected chi connectivity index (χ3v) is 4.95. The highest BCUT2D eigenvalue weighted by Crippen LogP contribution is 2.47. The van der Waals surface area contributed by atoms with E-state index in [4.69, 9.17) is 10.5 Å². The van der Waals surface area contributed by atoms with Crippen molar-refractivity contribution in [3.8, 4) is 40.1 Å². The SMILES string of the molecule is N#Cc1c(N)c(C#N)c2c(c1-c1ccc(C(F)(F)F)cc1)COc1ccc(F)cc1-2. The normalized spacial score (nSPS) is 12.2. The molecule has 3 aromatic rings. The monoisotopic (exact) mass is 409 g/mol. The van der Waals surface area contributed by atoms with Crippen LogP contribution in [0.15, 0.2) is 42.5 Å². The molecule has 0 aliphatic carbocycles. The van der Waals surface area contributed by atoms with Gasteiger partial charge in [-0.3, -0.25) is 0 Å². The summed E-state index contributed by atoms with van der Waals surface area (Å²) in [6.07, 6.45) is -4.51. The van der Waals surface area contributed by atoms with E-state index in [1.165, 1.54) is 30.3 Å². The number of fused-ring (bicyclic) bond motifs is 3. The lowest BCUT2D eigenvalue weighted by Crippen LogP contribution is -2.13. The number of nitrogens with zero attached hydrogens (tertiary/aromatic N) is 2. The molecule has 4 rings (SSSR count). The average molecular weight is 409 g/mol. The summed E-state index contributed by atoms with van der Waals surface area (Å²) in [5, 5.41) is 19.4. The van der Waals surface area contributed by atoms with Crippen LogP contribution in [-0.2, 0) is 12.8 Å². The molecule has 0 atom stereocenters. The van der Waals surface area contributed by atoms with E-state index in [9.17, 15) is 28.1 Å². The Hall–Kier alpha value is -4.04. The standard InChI is InChI=1S/C22H11F4N3O/c23-13-5-6-18-14(7-13)20-16(9-28)21(29)15(8-27)19(17(20)10-30-18)11-1-3-12(4-2-11)22(24,25)26/h1-7H,10,29H2. The highest BCUT2D eigenvalue weighted by molar-refractivity contribution is 5.94. The van der Waals surface area contributed by atoms with Gasteiger partial charge in [0.15, 0.2) is 0 Å². The predicted molar refractivity (Wildman–Crippen MR) is 100 cm³/mol. The number of alkyl halides is 3. The van der Waals surface area contributed by atoms with Crippen molar-refractivity contribution in [2.24, 2.45) is 0 Å². The molecular weight excluding hydrogens is 398 g/mol. The first-order valence-electron chi connectivity index (χ1n) is 8.65. The molecule has 30 heavy (non-hydrogen) atoms. The number of hydrogen-bond donors (Lipinski definition) is 1. The van der Waals surface area contributed by atoms with Gasteiger partial charge in [-0.1, -0.05) is 12.1 Å². The number of halogens is 4. The summed E-state index contributed by atoms with van der Waals surface area (Å²) in [5.74, 6) is -0.226. The minimum Gasteiger partial charge on any atom is -0.488 e. The van der Waals surface area contributed by atoms with E-state index in [1.54, 1.807) is 0 Å². The van der Waals surface area contributed by atoms with Crippen LogP contribution >= 0.6 is 0 Å². The summed E-state index contributed by atoms with van der Waals surface area (Å²) >= 11 is 0. The van der Waals surface area contributed by atoms with E-state index in [2.05, 4.69) is 0 Å². The largest absolute Gasteiger partial charge is 0.488 e. The number of anilines is 1. The first kappa shape index (κ1) is 19.3. The molecule has 0 spiro atoms. The van der Waals surface area contributed by atoms with Crippen LogP contribution in [0.3, 0.4) is 0 Å². The molecule has 4 nitrogen and oxygen atoms in total. The number of ether oxygens (including phenoxy) is 1. The van der Waals surface area contributed by atoms with E-state index < -0.39 is 17.6 Å². The van der Waals surface area contributed by atoms with Crippen molar-refractivity contribution < 1.29 is 22.3 Å². The summed E-state index contributed by atoms with van der Waals surface area (Å²) in [4.78, 5) is 0. The minimum atomic E-state index is -4.51. The van der Waals surface area contributed by atoms with Gasteiger partial charge in [0.05, 0.1) is 22.4 Å². The summed E-state index contributed by atoms with van der Waals surface area (Å²) in [5.41, 5.74) is 6.63. The molecule has 0 saturated heterocycles. The average Bonchev–Trinajstić information content (AvgIpc) is 2.72. The van der Waals surface area contributed by atoms with Gasteiger partial charge in [0.2, 0.25) is 0 Å². The molecule has 1 aliphatic rings. The van der Waals surface area contributed by atoms with Gasteiger partial charge >= 0.3 is 6.18 Å². The first-order valence-corrected chi connectivity index (χ1v) is 8.65. The number of rotatable bonds is 1. The molecule has 8 heteroatoms. The predicted octanol–water partition coefficient (Wildman–Crippen LogP) is 5.40. The van der Waals surface area contributed by atoms with Crippen LogP contribution in [0.5, 0.6) is 5.75 Å². The van der Waals surface area contributed by atoms with E-state index in [0.717, 1.165) is 12.1 Å². The molecule has 0 aromatic heterocycles. The Bertz CT molecular complexity index is 1270. The second-order valence-electron chi connectivity index (χ2n) is 6.62. The smallest absolute Gasteiger partial charge is 0.416 e. The lowest BCUT2D eigenvalue weighted by Gasteiger charge is -2.26. The van der Waals surface area contributed by atoms with Gasteiger partial charge in [-0.05, 0) is 35.9 Å². The lowest BCUT2D eigenvalue weighted by molar-refractivity contribution is -0.137. The van der Waals surface area contributed by atoms with Crippen LogP contribution in [0.2, 0.25) is 0 Å². The van der Waals surface area contributed by atoms with Crippen molar-refractivity contribution in [1.82, 2.24) is 0 Å². The maximum absolute atomic E-state index is 13.9. The fourth-order valence-corrected chi connectivity index (χ4v) is 3.61. The van der Waals surface area contributed by atoms with Crippen molar-refractivity contribution in [2.75, 3.05) is 5.73 Å². The minimum absolute atomic E-state index is 0.00707. The molecule has 1 heterocycles. The number of nitrogen functional groups attached to an aromatic ring is 1. The van der Waals surface area contributed by atoms with Crippen LogP contribution in [-0.4, -0.2) is 0 Å². The molecular formula is C22H11F4N3O. The maximum Gasteiger partial charge on any atom is 0.416 e. The molecule has 0 unspecified atom stereocenters. The number of nitrogens with two attached hydrogens (primary N) is 1. The van der Waals surface area contributed by atoms with Crippen molar-refractivity contribution in [3.63, 3.8) is 0 Å². The van der Waals surface area contributed by atoms with Gasteiger partial charge < -0.3 is 10.5 Å². The number of nitriles is 2. The van der Waals surface area contributed by atoms with E-state index in [1.807, 2.05) is 12.1 Å². The van der Waals surface area contributed by atoms with E-state index in [-0.39, 0.29) is 34.5 Å². The quantitative estimate of drug-likeness (QED) is 0.431. The fraction of sp³-hybridized carbons (Fsp3) is 0.0909. The summed E-state index contributed by atoms with van der Waals surface area (Å²) in [6, 6.07) is 12.0. The Labute approximate surface area is 168 Å². The van der Waals surface area contributed by atoms with Crippen molar-refractivity contribution in [1.29, 1.82) is 10.5 Å². The Morgan fingerprint density at radius 3 is 2.17 bits per heavy atom. The number of hydrogen-bond acceptors (Lipinski definition) is 4. The molecule has 0 fully saturated rings. The highest BCUT2D eigenvalue weighted by atomic mass is 19.4. The molecule has 0 bridgehead atoms. The summed E-state index contributed by atoms with van der Waals surface area (Å²) in [7, 11) is 0. The summed E-state index contributed by atoms with van der Waals surface area (Å²) < 4.78 is 58.4. The van der Waals surface area contributed by atoms with Gasteiger partial charge in [0.1, 0.15) is 30.3 Å². The molecule has 1 aliphatic heterocycles. The van der Waals surface area contributed by atoms with Gasteiger partial charge in [-0.25, -0.2) is 4.39 Å².